The van der Waals surface area contributed by atoms with Gasteiger partial charge in [-0.3, -0.25) is 4.98 Å². The van der Waals surface area contributed by atoms with Gasteiger partial charge in [0.1, 0.15) is 0 Å². The highest BCUT2D eigenvalue weighted by Crippen LogP contribution is 2.20. The molecule has 0 N–H and O–H groups in total. The first-order valence-electron chi connectivity index (χ1n) is 6.96. The van der Waals surface area contributed by atoms with E-state index in [0.29, 0.717) is 0 Å². The Bertz CT molecular complexity index is 643. The maximum atomic E-state index is 4.62. The zero-order valence-corrected chi connectivity index (χ0v) is 12.6. The van der Waals surface area contributed by atoms with Crippen molar-refractivity contribution in [3.63, 3.8) is 0 Å². The molecule has 0 bridgehead atoms. The molecule has 0 atom stereocenters. The van der Waals surface area contributed by atoms with Crippen molar-refractivity contribution in [3.05, 3.63) is 70.6 Å². The first-order valence-corrected chi connectivity index (χ1v) is 6.96. The van der Waals surface area contributed by atoms with Crippen LogP contribution in [0.25, 0.3) is 17.7 Å². The molecular weight excluding hydrogens is 242 g/mol. The SMILES string of the molecule is C/C=C\c1ccccc1/C=C(\C)c1cc(C)cc(C)n1. The molecule has 0 unspecified atom stereocenters. The van der Waals surface area contributed by atoms with Crippen LogP contribution in [0.3, 0.4) is 0 Å². The summed E-state index contributed by atoms with van der Waals surface area (Å²) < 4.78 is 0. The van der Waals surface area contributed by atoms with Crippen molar-refractivity contribution in [2.75, 3.05) is 0 Å². The largest absolute Gasteiger partial charge is 0.253 e. The molecule has 0 fully saturated rings. The number of nitrogens with zero attached hydrogens (tertiary/aromatic N) is 1. The molecule has 1 nitrogen and oxygen atoms in total. The van der Waals surface area contributed by atoms with Gasteiger partial charge in [-0.2, -0.15) is 0 Å². The van der Waals surface area contributed by atoms with Gasteiger partial charge in [-0.05, 0) is 68.2 Å². The van der Waals surface area contributed by atoms with Crippen molar-refractivity contribution in [3.8, 4) is 0 Å². The summed E-state index contributed by atoms with van der Waals surface area (Å²) in [4.78, 5) is 4.62. The van der Waals surface area contributed by atoms with Gasteiger partial charge in [0.05, 0.1) is 5.69 Å². The number of pyridine rings is 1. The summed E-state index contributed by atoms with van der Waals surface area (Å²) in [5.74, 6) is 0. The van der Waals surface area contributed by atoms with Gasteiger partial charge in [-0.25, -0.2) is 0 Å². The van der Waals surface area contributed by atoms with E-state index >= 15 is 0 Å². The lowest BCUT2D eigenvalue weighted by atomic mass is 10.0. The molecule has 0 spiro atoms. The molecule has 0 aliphatic heterocycles. The minimum Gasteiger partial charge on any atom is -0.253 e. The molecule has 0 amide bonds. The van der Waals surface area contributed by atoms with Crippen molar-refractivity contribution >= 4 is 17.7 Å². The fourth-order valence-electron chi connectivity index (χ4n) is 2.32. The summed E-state index contributed by atoms with van der Waals surface area (Å²) in [5, 5.41) is 0. The van der Waals surface area contributed by atoms with Gasteiger partial charge in [-0.1, -0.05) is 36.4 Å². The van der Waals surface area contributed by atoms with Gasteiger partial charge >= 0.3 is 0 Å². The van der Waals surface area contributed by atoms with Crippen LogP contribution >= 0.6 is 0 Å². The van der Waals surface area contributed by atoms with Crippen LogP contribution in [0.5, 0.6) is 0 Å². The second kappa shape index (κ2) is 6.33. The standard InChI is InChI=1S/C19H21N/c1-5-8-17-9-6-7-10-18(17)13-15(3)19-12-14(2)11-16(4)20-19/h5-13H,1-4H3/b8-5-,15-13+. The van der Waals surface area contributed by atoms with Crippen LogP contribution < -0.4 is 0 Å². The molecule has 0 radical (unpaired) electrons. The number of hydrogen-bond acceptors (Lipinski definition) is 1. The third kappa shape index (κ3) is 3.45. The molecule has 2 aromatic rings. The highest BCUT2D eigenvalue weighted by Gasteiger charge is 2.02. The molecule has 0 saturated carbocycles. The Balaban J connectivity index is 2.44. The highest BCUT2D eigenvalue weighted by atomic mass is 14.7. The summed E-state index contributed by atoms with van der Waals surface area (Å²) in [6.07, 6.45) is 6.40. The predicted octanol–water partition coefficient (Wildman–Crippen LogP) is 5.29. The third-order valence-corrected chi connectivity index (χ3v) is 3.22. The molecule has 1 aromatic heterocycles. The number of allylic oxidation sites excluding steroid dienone is 2. The van der Waals surface area contributed by atoms with E-state index in [-0.39, 0.29) is 0 Å². The van der Waals surface area contributed by atoms with Gasteiger partial charge in [-0.15, -0.1) is 0 Å². The van der Waals surface area contributed by atoms with Crippen LogP contribution in [-0.4, -0.2) is 4.98 Å². The van der Waals surface area contributed by atoms with Crippen molar-refractivity contribution in [1.29, 1.82) is 0 Å². The summed E-state index contributed by atoms with van der Waals surface area (Å²) in [7, 11) is 0. The normalized spacial score (nSPS) is 12.1. The fourth-order valence-corrected chi connectivity index (χ4v) is 2.32. The molecular formula is C19H21N. The van der Waals surface area contributed by atoms with Gasteiger partial charge < -0.3 is 0 Å². The molecule has 1 heterocycles. The zero-order chi connectivity index (χ0) is 14.5. The maximum absolute atomic E-state index is 4.62. The average molecular weight is 263 g/mol. The van der Waals surface area contributed by atoms with E-state index < -0.39 is 0 Å². The van der Waals surface area contributed by atoms with Crippen LogP contribution in [0.1, 0.15) is 41.9 Å². The van der Waals surface area contributed by atoms with E-state index in [4.69, 9.17) is 0 Å². The molecule has 0 aliphatic rings. The third-order valence-electron chi connectivity index (χ3n) is 3.22. The quantitative estimate of drug-likeness (QED) is 0.733. The number of rotatable bonds is 3. The van der Waals surface area contributed by atoms with Crippen molar-refractivity contribution in [2.45, 2.75) is 27.7 Å². The molecule has 20 heavy (non-hydrogen) atoms. The fraction of sp³-hybridized carbons (Fsp3) is 0.211. The predicted molar refractivity (Wildman–Crippen MR) is 88.4 cm³/mol. The topological polar surface area (TPSA) is 12.9 Å². The van der Waals surface area contributed by atoms with E-state index in [1.807, 2.05) is 13.8 Å². The molecule has 0 aliphatic carbocycles. The van der Waals surface area contributed by atoms with E-state index in [1.165, 1.54) is 22.3 Å². The first-order chi connectivity index (χ1) is 9.60. The zero-order valence-electron chi connectivity index (χ0n) is 12.6. The second-order valence-electron chi connectivity index (χ2n) is 5.13. The molecule has 1 aromatic carbocycles. The van der Waals surface area contributed by atoms with E-state index in [9.17, 15) is 0 Å². The van der Waals surface area contributed by atoms with Gasteiger partial charge in [0, 0.05) is 5.69 Å². The van der Waals surface area contributed by atoms with Crippen LogP contribution in [0.2, 0.25) is 0 Å². The summed E-state index contributed by atoms with van der Waals surface area (Å²) in [6, 6.07) is 12.6. The molecule has 1 heteroatoms. The molecule has 0 saturated heterocycles. The van der Waals surface area contributed by atoms with E-state index in [1.54, 1.807) is 0 Å². The van der Waals surface area contributed by atoms with Crippen molar-refractivity contribution in [2.24, 2.45) is 0 Å². The maximum Gasteiger partial charge on any atom is 0.0664 e. The lowest BCUT2D eigenvalue weighted by Gasteiger charge is -2.06. The Labute approximate surface area is 121 Å². The Morgan fingerprint density at radius 3 is 2.40 bits per heavy atom. The smallest absolute Gasteiger partial charge is 0.0664 e. The highest BCUT2D eigenvalue weighted by molar-refractivity contribution is 5.82. The Morgan fingerprint density at radius 2 is 1.75 bits per heavy atom. The number of aromatic nitrogens is 1. The number of hydrogen-bond donors (Lipinski definition) is 0. The van der Waals surface area contributed by atoms with Gasteiger partial charge in [0.15, 0.2) is 0 Å². The van der Waals surface area contributed by atoms with Crippen LogP contribution in [0.15, 0.2) is 42.5 Å². The van der Waals surface area contributed by atoms with Crippen LogP contribution in [0, 0.1) is 13.8 Å². The van der Waals surface area contributed by atoms with Crippen LogP contribution in [-0.2, 0) is 0 Å². The number of benzene rings is 1. The Hall–Kier alpha value is -2.15. The van der Waals surface area contributed by atoms with Gasteiger partial charge in [0.25, 0.3) is 0 Å². The Kier molecular flexibility index (Phi) is 4.52. The van der Waals surface area contributed by atoms with E-state index in [2.05, 4.69) is 73.5 Å². The van der Waals surface area contributed by atoms with Crippen molar-refractivity contribution in [1.82, 2.24) is 4.98 Å². The summed E-state index contributed by atoms with van der Waals surface area (Å²) in [6.45, 7) is 8.31. The lowest BCUT2D eigenvalue weighted by Crippen LogP contribution is -1.91. The summed E-state index contributed by atoms with van der Waals surface area (Å²) in [5.41, 5.74) is 7.02. The second-order valence-corrected chi connectivity index (χ2v) is 5.13. The monoisotopic (exact) mass is 263 g/mol. The lowest BCUT2D eigenvalue weighted by molar-refractivity contribution is 1.15. The minimum absolute atomic E-state index is 1.05. The Morgan fingerprint density at radius 1 is 1.05 bits per heavy atom. The first kappa shape index (κ1) is 14.3. The molecule has 102 valence electrons. The molecule has 2 rings (SSSR count). The minimum atomic E-state index is 1.05. The number of aryl methyl sites for hydroxylation is 2. The van der Waals surface area contributed by atoms with E-state index in [0.717, 1.165) is 11.4 Å². The van der Waals surface area contributed by atoms with Crippen LogP contribution in [0.4, 0.5) is 0 Å². The van der Waals surface area contributed by atoms with Gasteiger partial charge in [0.2, 0.25) is 0 Å². The van der Waals surface area contributed by atoms with Crippen molar-refractivity contribution < 1.29 is 0 Å². The average Bonchev–Trinajstić information content (AvgIpc) is 2.40. The summed E-state index contributed by atoms with van der Waals surface area (Å²) >= 11 is 0.